The summed E-state index contributed by atoms with van der Waals surface area (Å²) in [7, 11) is 0. The Kier molecular flexibility index (Phi) is 7.42. The van der Waals surface area contributed by atoms with Gasteiger partial charge in [-0.2, -0.15) is 0 Å². The first-order valence-corrected chi connectivity index (χ1v) is 18.7. The predicted molar refractivity (Wildman–Crippen MR) is 227 cm³/mol. The molecule has 0 atom stereocenters. The van der Waals surface area contributed by atoms with Crippen LogP contribution < -0.4 is 0 Å². The van der Waals surface area contributed by atoms with Crippen LogP contribution in [0.15, 0.2) is 197 Å². The molecule has 0 bridgehead atoms. The Bertz CT molecular complexity index is 3120. The summed E-state index contributed by atoms with van der Waals surface area (Å²) in [5.74, 6) is 1.77. The largest absolute Gasteiger partial charge is 0.456 e. The number of fused-ring (bicyclic) bond motifs is 6. The van der Waals surface area contributed by atoms with Gasteiger partial charge in [-0.1, -0.05) is 152 Å². The molecular weight excluding hydrogens is 687 g/mol. The average Bonchev–Trinajstić information content (AvgIpc) is 3.85. The zero-order valence-electron chi connectivity index (χ0n) is 30.1. The van der Waals surface area contributed by atoms with Crippen molar-refractivity contribution < 1.29 is 8.83 Å². The fourth-order valence-electron chi connectivity index (χ4n) is 7.75. The van der Waals surface area contributed by atoms with Gasteiger partial charge in [-0.3, -0.25) is 0 Å². The second kappa shape index (κ2) is 13.0. The van der Waals surface area contributed by atoms with E-state index in [1.807, 2.05) is 48.5 Å². The maximum atomic E-state index is 6.56. The third kappa shape index (κ3) is 5.53. The Morgan fingerprint density at radius 2 is 0.696 bits per heavy atom. The monoisotopic (exact) mass is 717 g/mol. The van der Waals surface area contributed by atoms with Gasteiger partial charge in [0.1, 0.15) is 22.3 Å². The van der Waals surface area contributed by atoms with E-state index in [4.69, 9.17) is 23.8 Å². The number of aromatic nitrogens is 3. The minimum absolute atomic E-state index is 0.571. The summed E-state index contributed by atoms with van der Waals surface area (Å²) in [5.41, 5.74) is 12.7. The van der Waals surface area contributed by atoms with Gasteiger partial charge < -0.3 is 8.83 Å². The molecule has 0 spiro atoms. The van der Waals surface area contributed by atoms with Gasteiger partial charge in [0.15, 0.2) is 17.5 Å². The lowest BCUT2D eigenvalue weighted by atomic mass is 9.98. The number of hydrogen-bond donors (Lipinski definition) is 0. The highest BCUT2D eigenvalue weighted by Crippen LogP contribution is 2.40. The third-order valence-electron chi connectivity index (χ3n) is 10.6. The number of furan rings is 2. The Balaban J connectivity index is 1.02. The van der Waals surface area contributed by atoms with E-state index in [9.17, 15) is 0 Å². The summed E-state index contributed by atoms with van der Waals surface area (Å²) < 4.78 is 12.8. The molecule has 3 aromatic heterocycles. The highest BCUT2D eigenvalue weighted by molar-refractivity contribution is 6.14. The molecule has 56 heavy (non-hydrogen) atoms. The van der Waals surface area contributed by atoms with Crippen LogP contribution in [0.4, 0.5) is 0 Å². The SMILES string of the molecule is c1ccc(-c2ccc(-c3nc(-c4ccc(-c5ccccc5)cc4)nc(-c4ccc5c(c4)oc4cccc(-c6ccc7c(c6)oc6ccccc67)c45)n3)cc2)cc1. The van der Waals surface area contributed by atoms with Crippen molar-refractivity contribution in [3.63, 3.8) is 0 Å². The maximum absolute atomic E-state index is 6.56. The molecule has 11 rings (SSSR count). The first-order valence-electron chi connectivity index (χ1n) is 18.7. The lowest BCUT2D eigenvalue weighted by Crippen LogP contribution is -2.00. The molecule has 0 saturated carbocycles. The number of benzene rings is 8. The minimum Gasteiger partial charge on any atom is -0.456 e. The van der Waals surface area contributed by atoms with Crippen molar-refractivity contribution in [1.29, 1.82) is 0 Å². The Labute approximate surface area is 322 Å². The van der Waals surface area contributed by atoms with Gasteiger partial charge in [0.05, 0.1) is 0 Å². The van der Waals surface area contributed by atoms with Crippen molar-refractivity contribution in [2.45, 2.75) is 0 Å². The van der Waals surface area contributed by atoms with Crippen LogP contribution in [0.5, 0.6) is 0 Å². The first-order chi connectivity index (χ1) is 27.7. The van der Waals surface area contributed by atoms with Gasteiger partial charge in [0.2, 0.25) is 0 Å². The second-order valence-electron chi connectivity index (χ2n) is 14.0. The van der Waals surface area contributed by atoms with Crippen molar-refractivity contribution in [3.05, 3.63) is 188 Å². The van der Waals surface area contributed by atoms with Crippen molar-refractivity contribution in [2.24, 2.45) is 0 Å². The van der Waals surface area contributed by atoms with Crippen LogP contribution in [0.1, 0.15) is 0 Å². The molecule has 0 aliphatic carbocycles. The highest BCUT2D eigenvalue weighted by Gasteiger charge is 2.18. The van der Waals surface area contributed by atoms with Gasteiger partial charge >= 0.3 is 0 Å². The summed E-state index contributed by atoms with van der Waals surface area (Å²) in [5, 5.41) is 4.30. The molecule has 0 radical (unpaired) electrons. The van der Waals surface area contributed by atoms with Crippen LogP contribution >= 0.6 is 0 Å². The molecule has 3 heterocycles. The summed E-state index contributed by atoms with van der Waals surface area (Å²) in [6.07, 6.45) is 0. The van der Waals surface area contributed by atoms with E-state index in [-0.39, 0.29) is 0 Å². The number of rotatable bonds is 6. The molecule has 5 heteroatoms. The molecule has 0 unspecified atom stereocenters. The summed E-state index contributed by atoms with van der Waals surface area (Å²) >= 11 is 0. The molecule has 0 fully saturated rings. The number of para-hydroxylation sites is 1. The van der Waals surface area contributed by atoms with E-state index in [0.717, 1.165) is 93.9 Å². The zero-order valence-corrected chi connectivity index (χ0v) is 30.1. The van der Waals surface area contributed by atoms with E-state index in [0.29, 0.717) is 17.5 Å². The molecule has 0 aliphatic rings. The molecule has 0 amide bonds. The van der Waals surface area contributed by atoms with Crippen LogP contribution in [0.2, 0.25) is 0 Å². The number of nitrogens with zero attached hydrogens (tertiary/aromatic N) is 3. The van der Waals surface area contributed by atoms with Crippen LogP contribution in [0.25, 0.3) is 111 Å². The zero-order chi connectivity index (χ0) is 37.0. The molecule has 5 nitrogen and oxygen atoms in total. The van der Waals surface area contributed by atoms with Gasteiger partial charge in [0, 0.05) is 38.2 Å². The molecule has 0 aliphatic heterocycles. The van der Waals surface area contributed by atoms with Crippen LogP contribution in [-0.2, 0) is 0 Å². The molecule has 0 N–H and O–H groups in total. The summed E-state index contributed by atoms with van der Waals surface area (Å²) in [4.78, 5) is 15.2. The summed E-state index contributed by atoms with van der Waals surface area (Å²) in [6.45, 7) is 0. The highest BCUT2D eigenvalue weighted by atomic mass is 16.3. The maximum Gasteiger partial charge on any atom is 0.164 e. The Morgan fingerprint density at radius 1 is 0.268 bits per heavy atom. The van der Waals surface area contributed by atoms with Crippen molar-refractivity contribution in [1.82, 2.24) is 15.0 Å². The lowest BCUT2D eigenvalue weighted by Gasteiger charge is -2.10. The fourth-order valence-corrected chi connectivity index (χ4v) is 7.75. The van der Waals surface area contributed by atoms with Crippen molar-refractivity contribution >= 4 is 43.9 Å². The van der Waals surface area contributed by atoms with Crippen molar-refractivity contribution in [3.8, 4) is 67.5 Å². The molecule has 0 saturated heterocycles. The molecule has 262 valence electrons. The number of hydrogen-bond acceptors (Lipinski definition) is 5. The van der Waals surface area contributed by atoms with E-state index in [1.165, 1.54) is 0 Å². The topological polar surface area (TPSA) is 65.0 Å². The van der Waals surface area contributed by atoms with Gasteiger partial charge in [-0.15, -0.1) is 0 Å². The average molecular weight is 718 g/mol. The minimum atomic E-state index is 0.571. The van der Waals surface area contributed by atoms with E-state index in [1.54, 1.807) is 0 Å². The second-order valence-corrected chi connectivity index (χ2v) is 14.0. The van der Waals surface area contributed by atoms with E-state index >= 15 is 0 Å². The quantitative estimate of drug-likeness (QED) is 0.171. The molecular formula is C51H31N3O2. The predicted octanol–water partition coefficient (Wildman–Crippen LogP) is 13.7. The van der Waals surface area contributed by atoms with Gasteiger partial charge in [0.25, 0.3) is 0 Å². The molecule has 8 aromatic carbocycles. The van der Waals surface area contributed by atoms with Crippen LogP contribution in [0, 0.1) is 0 Å². The Morgan fingerprint density at radius 3 is 1.36 bits per heavy atom. The van der Waals surface area contributed by atoms with E-state index in [2.05, 4.69) is 140 Å². The van der Waals surface area contributed by atoms with Crippen LogP contribution in [-0.4, -0.2) is 15.0 Å². The van der Waals surface area contributed by atoms with Crippen molar-refractivity contribution in [2.75, 3.05) is 0 Å². The van der Waals surface area contributed by atoms with Crippen LogP contribution in [0.3, 0.4) is 0 Å². The molecule has 11 aromatic rings. The lowest BCUT2D eigenvalue weighted by molar-refractivity contribution is 0.668. The summed E-state index contributed by atoms with van der Waals surface area (Å²) in [6, 6.07) is 64.6. The third-order valence-corrected chi connectivity index (χ3v) is 10.6. The first kappa shape index (κ1) is 31.9. The van der Waals surface area contributed by atoms with E-state index < -0.39 is 0 Å². The standard InChI is InChI=1S/C51H31N3O2/c1-3-10-32(11-4-1)34-18-22-36(23-19-34)49-52-50(37-24-20-35(21-25-37)33-12-5-2-6-13-33)54-51(53-49)39-27-29-43-47(31-39)56-45-17-9-15-40(48(43)45)38-26-28-42-41-14-7-8-16-44(41)55-46(42)30-38/h1-31H. The fraction of sp³-hybridized carbons (Fsp3) is 0. The van der Waals surface area contributed by atoms with Gasteiger partial charge in [-0.25, -0.2) is 15.0 Å². The Hall–Kier alpha value is -7.63. The smallest absolute Gasteiger partial charge is 0.164 e. The van der Waals surface area contributed by atoms with Gasteiger partial charge in [-0.05, 0) is 69.8 Å². The normalized spacial score (nSPS) is 11.6.